The topological polar surface area (TPSA) is 44.5 Å². The standard InChI is InChI=1S/C18H23NO2/c1-20-17-12-11-15(18(21-2)16(17)13-19)10-6-9-14-7-4-3-5-8-14/h3-5,7-8,11-12H,6,9-10,13,19H2,1-2H3. The van der Waals surface area contributed by atoms with Crippen LogP contribution in [0.2, 0.25) is 0 Å². The van der Waals surface area contributed by atoms with Gasteiger partial charge < -0.3 is 15.2 Å². The molecule has 0 aromatic heterocycles. The highest BCUT2D eigenvalue weighted by Crippen LogP contribution is 2.32. The van der Waals surface area contributed by atoms with E-state index in [1.807, 2.05) is 12.1 Å². The minimum Gasteiger partial charge on any atom is -0.496 e. The summed E-state index contributed by atoms with van der Waals surface area (Å²) in [4.78, 5) is 0. The summed E-state index contributed by atoms with van der Waals surface area (Å²) >= 11 is 0. The summed E-state index contributed by atoms with van der Waals surface area (Å²) < 4.78 is 10.9. The van der Waals surface area contributed by atoms with Crippen molar-refractivity contribution < 1.29 is 9.47 Å². The van der Waals surface area contributed by atoms with Gasteiger partial charge in [-0.2, -0.15) is 0 Å². The Morgan fingerprint density at radius 1 is 0.905 bits per heavy atom. The van der Waals surface area contributed by atoms with Gasteiger partial charge in [0.15, 0.2) is 0 Å². The van der Waals surface area contributed by atoms with Gasteiger partial charge >= 0.3 is 0 Å². The van der Waals surface area contributed by atoms with E-state index in [-0.39, 0.29) is 0 Å². The third-order valence-electron chi connectivity index (χ3n) is 3.68. The maximum Gasteiger partial charge on any atom is 0.130 e. The van der Waals surface area contributed by atoms with Gasteiger partial charge in [-0.15, -0.1) is 0 Å². The smallest absolute Gasteiger partial charge is 0.130 e. The van der Waals surface area contributed by atoms with E-state index < -0.39 is 0 Å². The van der Waals surface area contributed by atoms with Crippen molar-refractivity contribution >= 4 is 0 Å². The molecule has 0 spiro atoms. The molecule has 2 N–H and O–H groups in total. The van der Waals surface area contributed by atoms with Crippen LogP contribution in [0.15, 0.2) is 42.5 Å². The van der Waals surface area contributed by atoms with Crippen molar-refractivity contribution in [2.75, 3.05) is 14.2 Å². The van der Waals surface area contributed by atoms with E-state index in [1.165, 1.54) is 11.1 Å². The number of hydrogen-bond acceptors (Lipinski definition) is 3. The summed E-state index contributed by atoms with van der Waals surface area (Å²) in [5.41, 5.74) is 9.33. The lowest BCUT2D eigenvalue weighted by atomic mass is 10.0. The molecule has 0 saturated carbocycles. The molecule has 3 heteroatoms. The molecule has 0 atom stereocenters. The molecule has 112 valence electrons. The third-order valence-corrected chi connectivity index (χ3v) is 3.68. The van der Waals surface area contributed by atoms with E-state index in [2.05, 4.69) is 30.3 Å². The van der Waals surface area contributed by atoms with Gasteiger partial charge in [-0.1, -0.05) is 36.4 Å². The first-order valence-corrected chi connectivity index (χ1v) is 7.27. The number of rotatable bonds is 7. The summed E-state index contributed by atoms with van der Waals surface area (Å²) in [5.74, 6) is 1.66. The van der Waals surface area contributed by atoms with Gasteiger partial charge in [0.1, 0.15) is 11.5 Å². The first-order valence-electron chi connectivity index (χ1n) is 7.27. The van der Waals surface area contributed by atoms with E-state index in [1.54, 1.807) is 14.2 Å². The molecular formula is C18H23NO2. The van der Waals surface area contributed by atoms with E-state index in [4.69, 9.17) is 15.2 Å². The molecule has 0 aliphatic carbocycles. The Morgan fingerprint density at radius 3 is 2.29 bits per heavy atom. The van der Waals surface area contributed by atoms with Crippen molar-refractivity contribution in [1.29, 1.82) is 0 Å². The Labute approximate surface area is 126 Å². The van der Waals surface area contributed by atoms with Crippen LogP contribution in [0, 0.1) is 0 Å². The predicted octanol–water partition coefficient (Wildman–Crippen LogP) is 3.34. The second-order valence-electron chi connectivity index (χ2n) is 4.98. The lowest BCUT2D eigenvalue weighted by molar-refractivity contribution is 0.382. The Morgan fingerprint density at radius 2 is 1.67 bits per heavy atom. The van der Waals surface area contributed by atoms with Gasteiger partial charge in [-0.25, -0.2) is 0 Å². The van der Waals surface area contributed by atoms with Gasteiger partial charge in [-0.3, -0.25) is 0 Å². The van der Waals surface area contributed by atoms with E-state index in [9.17, 15) is 0 Å². The first-order chi connectivity index (χ1) is 10.3. The van der Waals surface area contributed by atoms with Crippen LogP contribution in [-0.2, 0) is 19.4 Å². The second-order valence-corrected chi connectivity index (χ2v) is 4.98. The van der Waals surface area contributed by atoms with Gasteiger partial charge in [0.25, 0.3) is 0 Å². The largest absolute Gasteiger partial charge is 0.496 e. The fourth-order valence-corrected chi connectivity index (χ4v) is 2.62. The Hall–Kier alpha value is -2.00. The highest BCUT2D eigenvalue weighted by Gasteiger charge is 2.13. The van der Waals surface area contributed by atoms with Gasteiger partial charge in [0.05, 0.1) is 14.2 Å². The Bertz CT molecular complexity index is 567. The van der Waals surface area contributed by atoms with Gasteiger partial charge in [-0.05, 0) is 36.5 Å². The molecule has 0 unspecified atom stereocenters. The molecule has 2 rings (SSSR count). The fourth-order valence-electron chi connectivity index (χ4n) is 2.62. The molecule has 3 nitrogen and oxygen atoms in total. The SMILES string of the molecule is COc1ccc(CCCc2ccccc2)c(OC)c1CN. The van der Waals surface area contributed by atoms with Crippen LogP contribution >= 0.6 is 0 Å². The quantitative estimate of drug-likeness (QED) is 0.848. The van der Waals surface area contributed by atoms with Crippen LogP contribution in [0.4, 0.5) is 0 Å². The molecule has 0 aliphatic rings. The minimum atomic E-state index is 0.416. The summed E-state index contributed by atoms with van der Waals surface area (Å²) in [6.07, 6.45) is 3.11. The molecule has 21 heavy (non-hydrogen) atoms. The molecule has 0 saturated heterocycles. The lowest BCUT2D eigenvalue weighted by Crippen LogP contribution is -2.05. The monoisotopic (exact) mass is 285 g/mol. The summed E-state index contributed by atoms with van der Waals surface area (Å²) in [6.45, 7) is 0.416. The van der Waals surface area contributed by atoms with Crippen molar-refractivity contribution in [2.24, 2.45) is 5.73 Å². The number of aryl methyl sites for hydroxylation is 2. The number of ether oxygens (including phenoxy) is 2. The average Bonchev–Trinajstić information content (AvgIpc) is 2.55. The van der Waals surface area contributed by atoms with Crippen molar-refractivity contribution in [3.63, 3.8) is 0 Å². The maximum atomic E-state index is 5.83. The number of benzene rings is 2. The average molecular weight is 285 g/mol. The highest BCUT2D eigenvalue weighted by molar-refractivity contribution is 5.50. The highest BCUT2D eigenvalue weighted by atomic mass is 16.5. The molecule has 0 heterocycles. The summed E-state index contributed by atoms with van der Waals surface area (Å²) in [6, 6.07) is 14.6. The summed E-state index contributed by atoms with van der Waals surface area (Å²) in [5, 5.41) is 0. The number of hydrogen-bond donors (Lipinski definition) is 1. The van der Waals surface area contributed by atoms with Crippen molar-refractivity contribution in [3.05, 3.63) is 59.2 Å². The molecule has 0 radical (unpaired) electrons. The first kappa shape index (κ1) is 15.4. The van der Waals surface area contributed by atoms with Crippen LogP contribution < -0.4 is 15.2 Å². The molecule has 0 fully saturated rings. The van der Waals surface area contributed by atoms with Crippen molar-refractivity contribution in [2.45, 2.75) is 25.8 Å². The van der Waals surface area contributed by atoms with Crippen LogP contribution in [0.1, 0.15) is 23.1 Å². The van der Waals surface area contributed by atoms with Crippen LogP contribution in [0.5, 0.6) is 11.5 Å². The summed E-state index contributed by atoms with van der Waals surface area (Å²) in [7, 11) is 3.34. The number of nitrogens with two attached hydrogens (primary N) is 1. The van der Waals surface area contributed by atoms with E-state index in [0.717, 1.165) is 36.3 Å². The van der Waals surface area contributed by atoms with E-state index >= 15 is 0 Å². The fraction of sp³-hybridized carbons (Fsp3) is 0.333. The molecule has 2 aromatic rings. The minimum absolute atomic E-state index is 0.416. The number of methoxy groups -OCH3 is 2. The van der Waals surface area contributed by atoms with Gasteiger partial charge in [0.2, 0.25) is 0 Å². The molecule has 2 aromatic carbocycles. The van der Waals surface area contributed by atoms with Crippen molar-refractivity contribution in [1.82, 2.24) is 0 Å². The zero-order valence-corrected chi connectivity index (χ0v) is 12.8. The Kier molecular flexibility index (Phi) is 5.64. The third kappa shape index (κ3) is 3.76. The van der Waals surface area contributed by atoms with Crippen LogP contribution in [0.3, 0.4) is 0 Å². The zero-order valence-electron chi connectivity index (χ0n) is 12.8. The zero-order chi connectivity index (χ0) is 15.1. The van der Waals surface area contributed by atoms with Crippen LogP contribution in [-0.4, -0.2) is 14.2 Å². The van der Waals surface area contributed by atoms with E-state index in [0.29, 0.717) is 6.54 Å². The van der Waals surface area contributed by atoms with Gasteiger partial charge in [0, 0.05) is 12.1 Å². The molecule has 0 bridgehead atoms. The lowest BCUT2D eigenvalue weighted by Gasteiger charge is -2.16. The van der Waals surface area contributed by atoms with Crippen molar-refractivity contribution in [3.8, 4) is 11.5 Å². The maximum absolute atomic E-state index is 5.83. The Balaban J connectivity index is 2.09. The molecular weight excluding hydrogens is 262 g/mol. The molecule has 0 aliphatic heterocycles. The van der Waals surface area contributed by atoms with Crippen LogP contribution in [0.25, 0.3) is 0 Å². The predicted molar refractivity (Wildman–Crippen MR) is 85.9 cm³/mol. The second kappa shape index (κ2) is 7.70. The normalized spacial score (nSPS) is 10.4. The molecule has 0 amide bonds.